The van der Waals surface area contributed by atoms with Crippen molar-refractivity contribution >= 4 is 5.69 Å². The van der Waals surface area contributed by atoms with E-state index in [-0.39, 0.29) is 30.5 Å². The molecule has 0 aliphatic carbocycles. The maximum absolute atomic E-state index is 10.9. The second kappa shape index (κ2) is 5.99. The monoisotopic (exact) mass is 268 g/mol. The van der Waals surface area contributed by atoms with Crippen molar-refractivity contribution in [2.24, 2.45) is 11.7 Å². The molecule has 106 valence electrons. The van der Waals surface area contributed by atoms with Gasteiger partial charge in [-0.15, -0.1) is 0 Å². The van der Waals surface area contributed by atoms with Crippen LogP contribution in [-0.2, 0) is 6.54 Å². The zero-order valence-corrected chi connectivity index (χ0v) is 11.4. The second-order valence-electron chi connectivity index (χ2n) is 5.06. The number of hydrogen-bond acceptors (Lipinski definition) is 5. The van der Waals surface area contributed by atoms with Gasteiger partial charge in [0.15, 0.2) is 5.75 Å². The lowest BCUT2D eigenvalue weighted by molar-refractivity contribution is -0.386. The van der Waals surface area contributed by atoms with Crippen molar-refractivity contribution in [2.75, 3.05) is 6.61 Å². The zero-order chi connectivity index (χ0) is 14.6. The Morgan fingerprint density at radius 2 is 2.16 bits per heavy atom. The standard InChI is InChI=1S/C13H20N2O4/c1-9(2)13(3,16)8-19-12-6-10(7-14)4-5-11(12)15(17)18/h4-6,9,16H,7-8,14H2,1-3H3. The average molecular weight is 268 g/mol. The van der Waals surface area contributed by atoms with Crippen molar-refractivity contribution in [1.82, 2.24) is 0 Å². The minimum absolute atomic E-state index is 0.0144. The highest BCUT2D eigenvalue weighted by molar-refractivity contribution is 5.48. The summed E-state index contributed by atoms with van der Waals surface area (Å²) in [6, 6.07) is 4.49. The molecule has 0 fully saturated rings. The summed E-state index contributed by atoms with van der Waals surface area (Å²) in [6.45, 7) is 5.60. The van der Waals surface area contributed by atoms with Gasteiger partial charge in [0, 0.05) is 12.6 Å². The number of hydrogen-bond donors (Lipinski definition) is 2. The van der Waals surface area contributed by atoms with Gasteiger partial charge in [0.1, 0.15) is 6.61 Å². The number of nitro groups is 1. The predicted molar refractivity (Wildman–Crippen MR) is 71.9 cm³/mol. The Labute approximate surface area is 112 Å². The molecule has 6 nitrogen and oxygen atoms in total. The Morgan fingerprint density at radius 1 is 1.53 bits per heavy atom. The van der Waals surface area contributed by atoms with E-state index in [2.05, 4.69) is 0 Å². The summed E-state index contributed by atoms with van der Waals surface area (Å²) in [4.78, 5) is 10.4. The lowest BCUT2D eigenvalue weighted by atomic mass is 9.94. The first-order chi connectivity index (χ1) is 8.77. The molecule has 0 bridgehead atoms. The molecule has 0 aromatic heterocycles. The maximum Gasteiger partial charge on any atom is 0.310 e. The number of nitro benzene ring substituents is 1. The molecule has 0 heterocycles. The molecule has 0 amide bonds. The number of nitrogens with two attached hydrogens (primary N) is 1. The first-order valence-electron chi connectivity index (χ1n) is 6.10. The summed E-state index contributed by atoms with van der Waals surface area (Å²) in [7, 11) is 0. The van der Waals surface area contributed by atoms with Crippen molar-refractivity contribution in [1.29, 1.82) is 0 Å². The van der Waals surface area contributed by atoms with Gasteiger partial charge in [0.25, 0.3) is 0 Å². The van der Waals surface area contributed by atoms with Crippen LogP contribution in [0.5, 0.6) is 5.75 Å². The summed E-state index contributed by atoms with van der Waals surface area (Å²) >= 11 is 0. The Morgan fingerprint density at radius 3 is 2.63 bits per heavy atom. The van der Waals surface area contributed by atoms with Crippen molar-refractivity contribution in [2.45, 2.75) is 32.9 Å². The molecule has 0 saturated heterocycles. The van der Waals surface area contributed by atoms with Crippen LogP contribution in [0.1, 0.15) is 26.3 Å². The smallest absolute Gasteiger partial charge is 0.310 e. The van der Waals surface area contributed by atoms with Gasteiger partial charge in [-0.05, 0) is 24.5 Å². The van der Waals surface area contributed by atoms with Gasteiger partial charge in [0.05, 0.1) is 10.5 Å². The SMILES string of the molecule is CC(C)C(C)(O)COc1cc(CN)ccc1[N+](=O)[O-]. The number of aliphatic hydroxyl groups is 1. The van der Waals surface area contributed by atoms with Gasteiger partial charge >= 0.3 is 5.69 Å². The van der Waals surface area contributed by atoms with Crippen LogP contribution in [0.25, 0.3) is 0 Å². The molecule has 1 rings (SSSR count). The molecular formula is C13H20N2O4. The van der Waals surface area contributed by atoms with Crippen molar-refractivity contribution in [3.8, 4) is 5.75 Å². The zero-order valence-electron chi connectivity index (χ0n) is 11.4. The largest absolute Gasteiger partial charge is 0.484 e. The van der Waals surface area contributed by atoms with Crippen LogP contribution in [-0.4, -0.2) is 22.2 Å². The topological polar surface area (TPSA) is 98.6 Å². The summed E-state index contributed by atoms with van der Waals surface area (Å²) in [5, 5.41) is 21.0. The highest BCUT2D eigenvalue weighted by atomic mass is 16.6. The van der Waals surface area contributed by atoms with Crippen LogP contribution in [0, 0.1) is 16.0 Å². The molecule has 19 heavy (non-hydrogen) atoms. The molecule has 0 saturated carbocycles. The summed E-state index contributed by atoms with van der Waals surface area (Å²) in [5.41, 5.74) is 5.06. The summed E-state index contributed by atoms with van der Waals surface area (Å²) in [6.07, 6.45) is 0. The van der Waals surface area contributed by atoms with E-state index in [0.717, 1.165) is 5.56 Å². The molecule has 0 aliphatic rings. The lowest BCUT2D eigenvalue weighted by Gasteiger charge is -2.27. The van der Waals surface area contributed by atoms with Gasteiger partial charge in [-0.3, -0.25) is 10.1 Å². The van der Waals surface area contributed by atoms with Gasteiger partial charge in [-0.1, -0.05) is 19.9 Å². The van der Waals surface area contributed by atoms with E-state index >= 15 is 0 Å². The maximum atomic E-state index is 10.9. The summed E-state index contributed by atoms with van der Waals surface area (Å²) in [5.74, 6) is 0.109. The molecule has 3 N–H and O–H groups in total. The number of nitrogens with zero attached hydrogens (tertiary/aromatic N) is 1. The Kier molecular flexibility index (Phi) is 4.85. The highest BCUT2D eigenvalue weighted by Gasteiger charge is 2.27. The fourth-order valence-corrected chi connectivity index (χ4v) is 1.34. The molecule has 1 unspecified atom stereocenters. The van der Waals surface area contributed by atoms with E-state index in [1.807, 2.05) is 13.8 Å². The molecular weight excluding hydrogens is 248 g/mol. The quantitative estimate of drug-likeness (QED) is 0.606. The number of ether oxygens (including phenoxy) is 1. The van der Waals surface area contributed by atoms with E-state index in [1.54, 1.807) is 13.0 Å². The van der Waals surface area contributed by atoms with Crippen molar-refractivity contribution in [3.05, 3.63) is 33.9 Å². The van der Waals surface area contributed by atoms with E-state index in [0.29, 0.717) is 0 Å². The minimum Gasteiger partial charge on any atom is -0.484 e. The van der Waals surface area contributed by atoms with E-state index < -0.39 is 10.5 Å². The van der Waals surface area contributed by atoms with Crippen molar-refractivity contribution < 1.29 is 14.8 Å². The first kappa shape index (κ1) is 15.4. The predicted octanol–water partition coefficient (Wildman–Crippen LogP) is 1.84. The normalized spacial score (nSPS) is 14.2. The van der Waals surface area contributed by atoms with Gasteiger partial charge in [-0.2, -0.15) is 0 Å². The third-order valence-corrected chi connectivity index (χ3v) is 3.22. The van der Waals surface area contributed by atoms with Crippen LogP contribution < -0.4 is 10.5 Å². The van der Waals surface area contributed by atoms with Crippen molar-refractivity contribution in [3.63, 3.8) is 0 Å². The molecule has 1 atom stereocenters. The Balaban J connectivity index is 2.95. The first-order valence-corrected chi connectivity index (χ1v) is 6.10. The third kappa shape index (κ3) is 3.90. The molecule has 1 aromatic rings. The van der Waals surface area contributed by atoms with Crippen LogP contribution in [0.3, 0.4) is 0 Å². The van der Waals surface area contributed by atoms with Crippen LogP contribution in [0.15, 0.2) is 18.2 Å². The molecule has 1 aromatic carbocycles. The van der Waals surface area contributed by atoms with Crippen LogP contribution >= 0.6 is 0 Å². The number of benzene rings is 1. The van der Waals surface area contributed by atoms with Crippen LogP contribution in [0.2, 0.25) is 0 Å². The van der Waals surface area contributed by atoms with Crippen LogP contribution in [0.4, 0.5) is 5.69 Å². The second-order valence-corrected chi connectivity index (χ2v) is 5.06. The van der Waals surface area contributed by atoms with Gasteiger partial charge < -0.3 is 15.6 Å². The number of rotatable bonds is 6. The molecule has 6 heteroatoms. The Hall–Kier alpha value is -1.66. The third-order valence-electron chi connectivity index (χ3n) is 3.22. The van der Waals surface area contributed by atoms with E-state index in [1.165, 1.54) is 12.1 Å². The molecule has 0 aliphatic heterocycles. The van der Waals surface area contributed by atoms with E-state index in [9.17, 15) is 15.2 Å². The average Bonchev–Trinajstić information content (AvgIpc) is 2.35. The molecule has 0 radical (unpaired) electrons. The lowest BCUT2D eigenvalue weighted by Crippen LogP contribution is -2.37. The van der Waals surface area contributed by atoms with Gasteiger partial charge in [0.2, 0.25) is 0 Å². The minimum atomic E-state index is -1.05. The summed E-state index contributed by atoms with van der Waals surface area (Å²) < 4.78 is 5.42. The fraction of sp³-hybridized carbons (Fsp3) is 0.538. The molecule has 0 spiro atoms. The Bertz CT molecular complexity index is 458. The highest BCUT2D eigenvalue weighted by Crippen LogP contribution is 2.29. The van der Waals surface area contributed by atoms with E-state index in [4.69, 9.17) is 10.5 Å². The fourth-order valence-electron chi connectivity index (χ4n) is 1.34. The van der Waals surface area contributed by atoms with Gasteiger partial charge in [-0.25, -0.2) is 0 Å².